The number of hydrogen-bond donors (Lipinski definition) is 1. The first-order chi connectivity index (χ1) is 7.84. The topological polar surface area (TPSA) is 36.4 Å². The zero-order chi connectivity index (χ0) is 11.0. The van der Waals surface area contributed by atoms with E-state index in [0.717, 1.165) is 24.3 Å². The van der Waals surface area contributed by atoms with E-state index in [1.165, 1.54) is 12.8 Å². The molecule has 3 nitrogen and oxygen atoms in total. The summed E-state index contributed by atoms with van der Waals surface area (Å²) in [5.74, 6) is 1.24. The molecule has 3 rings (SSSR count). The molecule has 1 fully saturated rings. The first-order valence-electron chi connectivity index (χ1n) is 5.68. The van der Waals surface area contributed by atoms with Gasteiger partial charge in [-0.05, 0) is 31.0 Å². The van der Waals surface area contributed by atoms with Gasteiger partial charge in [0.25, 0.3) is 0 Å². The Hall–Kier alpha value is -1.77. The number of phenolic OH excluding ortho intramolecular Hbond substituents is 1. The third kappa shape index (κ3) is 1.48. The van der Waals surface area contributed by atoms with Crippen molar-refractivity contribution in [3.8, 4) is 5.75 Å². The van der Waals surface area contributed by atoms with Crippen LogP contribution in [0.2, 0.25) is 0 Å². The molecule has 0 bridgehead atoms. The molecule has 0 atom stereocenters. The van der Waals surface area contributed by atoms with Crippen molar-refractivity contribution in [1.29, 1.82) is 0 Å². The van der Waals surface area contributed by atoms with E-state index in [4.69, 9.17) is 0 Å². The lowest BCUT2D eigenvalue weighted by atomic mass is 10.2. The van der Waals surface area contributed by atoms with Gasteiger partial charge in [-0.1, -0.05) is 12.1 Å². The molecule has 1 aliphatic rings. The highest BCUT2D eigenvalue weighted by atomic mass is 16.3. The number of aromatic hydroxyl groups is 1. The van der Waals surface area contributed by atoms with E-state index < -0.39 is 0 Å². The molecule has 0 aliphatic carbocycles. The Bertz CT molecular complexity index is 518. The van der Waals surface area contributed by atoms with E-state index in [2.05, 4.69) is 9.88 Å². The van der Waals surface area contributed by atoms with Crippen molar-refractivity contribution in [3.63, 3.8) is 0 Å². The van der Waals surface area contributed by atoms with Gasteiger partial charge in [-0.3, -0.25) is 0 Å². The minimum atomic E-state index is 0.263. The smallest absolute Gasteiger partial charge is 0.141 e. The predicted octanol–water partition coefficient (Wildman–Crippen LogP) is 2.54. The Balaban J connectivity index is 2.10. The van der Waals surface area contributed by atoms with Crippen molar-refractivity contribution in [1.82, 2.24) is 4.98 Å². The van der Waals surface area contributed by atoms with Crippen LogP contribution < -0.4 is 4.90 Å². The number of para-hydroxylation sites is 1. The Morgan fingerprint density at radius 1 is 1.06 bits per heavy atom. The van der Waals surface area contributed by atoms with Crippen LogP contribution in [0.25, 0.3) is 10.9 Å². The van der Waals surface area contributed by atoms with Crippen molar-refractivity contribution in [2.24, 2.45) is 0 Å². The van der Waals surface area contributed by atoms with Gasteiger partial charge in [-0.25, -0.2) is 4.98 Å². The number of fused-ring (bicyclic) bond motifs is 1. The molecule has 2 aromatic rings. The largest absolute Gasteiger partial charge is 0.506 e. The van der Waals surface area contributed by atoms with Crippen molar-refractivity contribution >= 4 is 16.7 Å². The summed E-state index contributed by atoms with van der Waals surface area (Å²) in [6, 6.07) is 9.55. The lowest BCUT2D eigenvalue weighted by Gasteiger charge is -2.16. The molecular weight excluding hydrogens is 200 g/mol. The summed E-state index contributed by atoms with van der Waals surface area (Å²) in [5, 5.41) is 10.7. The molecule has 1 aliphatic heterocycles. The van der Waals surface area contributed by atoms with Crippen LogP contribution in [0.15, 0.2) is 30.3 Å². The van der Waals surface area contributed by atoms with Crippen LogP contribution in [0.3, 0.4) is 0 Å². The number of pyridine rings is 1. The van der Waals surface area contributed by atoms with Crippen LogP contribution in [0.1, 0.15) is 12.8 Å². The van der Waals surface area contributed by atoms with Crippen LogP contribution in [-0.2, 0) is 0 Å². The van der Waals surface area contributed by atoms with E-state index in [1.54, 1.807) is 6.07 Å². The van der Waals surface area contributed by atoms with Crippen LogP contribution in [-0.4, -0.2) is 23.2 Å². The van der Waals surface area contributed by atoms with Crippen molar-refractivity contribution in [3.05, 3.63) is 30.3 Å². The minimum absolute atomic E-state index is 0.263. The van der Waals surface area contributed by atoms with E-state index in [0.29, 0.717) is 5.52 Å². The van der Waals surface area contributed by atoms with Gasteiger partial charge in [0.2, 0.25) is 0 Å². The second kappa shape index (κ2) is 3.67. The third-order valence-corrected chi connectivity index (χ3v) is 3.11. The quantitative estimate of drug-likeness (QED) is 0.792. The van der Waals surface area contributed by atoms with Gasteiger partial charge in [-0.2, -0.15) is 0 Å². The number of hydrogen-bond acceptors (Lipinski definition) is 3. The van der Waals surface area contributed by atoms with Crippen molar-refractivity contribution in [2.75, 3.05) is 18.0 Å². The fourth-order valence-electron chi connectivity index (χ4n) is 2.24. The molecule has 0 radical (unpaired) electrons. The SMILES string of the molecule is Oc1cccc2ccc(N3CCCC3)nc12. The normalized spacial score (nSPS) is 15.9. The van der Waals surface area contributed by atoms with E-state index in [9.17, 15) is 5.11 Å². The fourth-order valence-corrected chi connectivity index (χ4v) is 2.24. The Morgan fingerprint density at radius 3 is 2.69 bits per heavy atom. The average Bonchev–Trinajstić information content (AvgIpc) is 2.83. The lowest BCUT2D eigenvalue weighted by molar-refractivity contribution is 0.480. The number of benzene rings is 1. The lowest BCUT2D eigenvalue weighted by Crippen LogP contribution is -2.18. The molecule has 1 aromatic heterocycles. The van der Waals surface area contributed by atoms with Gasteiger partial charge < -0.3 is 10.0 Å². The monoisotopic (exact) mass is 214 g/mol. The molecule has 2 heterocycles. The number of phenols is 1. The van der Waals surface area contributed by atoms with Crippen LogP contribution in [0.4, 0.5) is 5.82 Å². The van der Waals surface area contributed by atoms with Gasteiger partial charge >= 0.3 is 0 Å². The summed E-state index contributed by atoms with van der Waals surface area (Å²) < 4.78 is 0. The second-order valence-electron chi connectivity index (χ2n) is 4.21. The van der Waals surface area contributed by atoms with Gasteiger partial charge in [0.05, 0.1) is 0 Å². The molecule has 0 amide bonds. The maximum atomic E-state index is 9.76. The number of aromatic nitrogens is 1. The Labute approximate surface area is 94.3 Å². The van der Waals surface area contributed by atoms with E-state index >= 15 is 0 Å². The zero-order valence-electron chi connectivity index (χ0n) is 9.06. The summed E-state index contributed by atoms with van der Waals surface area (Å²) >= 11 is 0. The standard InChI is InChI=1S/C13H14N2O/c16-11-5-3-4-10-6-7-12(14-13(10)11)15-8-1-2-9-15/h3-7,16H,1-2,8-9H2. The van der Waals surface area contributed by atoms with E-state index in [1.807, 2.05) is 24.3 Å². The fraction of sp³-hybridized carbons (Fsp3) is 0.308. The average molecular weight is 214 g/mol. The number of anilines is 1. The minimum Gasteiger partial charge on any atom is -0.506 e. The maximum absolute atomic E-state index is 9.76. The molecule has 3 heteroatoms. The molecule has 0 saturated carbocycles. The Kier molecular flexibility index (Phi) is 2.17. The van der Waals surface area contributed by atoms with Crippen LogP contribution in [0.5, 0.6) is 5.75 Å². The van der Waals surface area contributed by atoms with Gasteiger partial charge in [0.15, 0.2) is 0 Å². The molecule has 1 saturated heterocycles. The second-order valence-corrected chi connectivity index (χ2v) is 4.21. The summed E-state index contributed by atoms with van der Waals surface area (Å²) in [6.45, 7) is 2.15. The summed E-state index contributed by atoms with van der Waals surface area (Å²) in [6.07, 6.45) is 2.47. The molecule has 16 heavy (non-hydrogen) atoms. The van der Waals surface area contributed by atoms with Gasteiger partial charge in [0, 0.05) is 18.5 Å². The molecular formula is C13H14N2O. The maximum Gasteiger partial charge on any atom is 0.141 e. The summed E-state index contributed by atoms with van der Waals surface area (Å²) in [5.41, 5.74) is 0.701. The number of rotatable bonds is 1. The molecule has 0 spiro atoms. The molecule has 0 unspecified atom stereocenters. The first-order valence-corrected chi connectivity index (χ1v) is 5.68. The van der Waals surface area contributed by atoms with Gasteiger partial charge in [-0.15, -0.1) is 0 Å². The van der Waals surface area contributed by atoms with E-state index in [-0.39, 0.29) is 5.75 Å². The predicted molar refractivity (Wildman–Crippen MR) is 64.9 cm³/mol. The molecule has 82 valence electrons. The van der Waals surface area contributed by atoms with Crippen molar-refractivity contribution in [2.45, 2.75) is 12.8 Å². The molecule has 1 N–H and O–H groups in total. The zero-order valence-corrected chi connectivity index (χ0v) is 9.06. The Morgan fingerprint density at radius 2 is 1.88 bits per heavy atom. The van der Waals surface area contributed by atoms with Crippen molar-refractivity contribution < 1.29 is 5.11 Å². The summed E-state index contributed by atoms with van der Waals surface area (Å²) in [4.78, 5) is 6.80. The highest BCUT2D eigenvalue weighted by Crippen LogP contribution is 2.26. The highest BCUT2D eigenvalue weighted by molar-refractivity contribution is 5.85. The van der Waals surface area contributed by atoms with Crippen LogP contribution in [0, 0.1) is 0 Å². The van der Waals surface area contributed by atoms with Gasteiger partial charge in [0.1, 0.15) is 17.1 Å². The first kappa shape index (κ1) is 9.46. The molecule has 1 aromatic carbocycles. The highest BCUT2D eigenvalue weighted by Gasteiger charge is 2.14. The number of nitrogens with zero attached hydrogens (tertiary/aromatic N) is 2. The van der Waals surface area contributed by atoms with Crippen LogP contribution >= 0.6 is 0 Å². The summed E-state index contributed by atoms with van der Waals surface area (Å²) in [7, 11) is 0. The third-order valence-electron chi connectivity index (χ3n) is 3.11.